The first kappa shape index (κ1) is 11.1. The highest BCUT2D eigenvalue weighted by atomic mass is 32.1. The van der Waals surface area contributed by atoms with Crippen LogP contribution in [0.15, 0.2) is 11.7 Å². The molecule has 1 N–H and O–H groups in total. The van der Waals surface area contributed by atoms with Gasteiger partial charge in [-0.1, -0.05) is 0 Å². The molecule has 16 heavy (non-hydrogen) atoms. The van der Waals surface area contributed by atoms with Gasteiger partial charge in [-0.3, -0.25) is 14.6 Å². The van der Waals surface area contributed by atoms with Gasteiger partial charge in [0.05, 0.1) is 18.0 Å². The Hall–Kier alpha value is -1.43. The lowest BCUT2D eigenvalue weighted by atomic mass is 10.1. The third-order valence-electron chi connectivity index (χ3n) is 2.51. The minimum absolute atomic E-state index is 0.00236. The van der Waals surface area contributed by atoms with Gasteiger partial charge in [-0.25, -0.2) is 0 Å². The summed E-state index contributed by atoms with van der Waals surface area (Å²) in [6, 6.07) is 0.115. The molecule has 2 amide bonds. The molecule has 1 aromatic heterocycles. The lowest BCUT2D eigenvalue weighted by molar-refractivity contribution is -0.135. The van der Waals surface area contributed by atoms with E-state index in [1.54, 1.807) is 16.6 Å². The number of aromatic nitrogens is 1. The molecular weight excluding hydrogens is 226 g/mol. The van der Waals surface area contributed by atoms with Gasteiger partial charge >= 0.3 is 0 Å². The molecular formula is C10H13N3O2S. The zero-order chi connectivity index (χ0) is 11.5. The van der Waals surface area contributed by atoms with Crippen LogP contribution >= 0.6 is 11.3 Å². The summed E-state index contributed by atoms with van der Waals surface area (Å²) < 4.78 is 0. The van der Waals surface area contributed by atoms with Crippen molar-refractivity contribution in [1.82, 2.24) is 15.2 Å². The number of amides is 2. The second-order valence-corrected chi connectivity index (χ2v) is 4.80. The van der Waals surface area contributed by atoms with E-state index in [0.717, 1.165) is 4.88 Å². The van der Waals surface area contributed by atoms with Crippen molar-refractivity contribution >= 4 is 23.2 Å². The van der Waals surface area contributed by atoms with Crippen LogP contribution < -0.4 is 5.32 Å². The number of hydrogen-bond donors (Lipinski definition) is 1. The molecule has 2 heterocycles. The van der Waals surface area contributed by atoms with Crippen LogP contribution in [0.2, 0.25) is 0 Å². The number of rotatable bonds is 3. The molecule has 2 rings (SSSR count). The van der Waals surface area contributed by atoms with Crippen molar-refractivity contribution < 1.29 is 9.59 Å². The summed E-state index contributed by atoms with van der Waals surface area (Å²) >= 11 is 1.47. The molecule has 1 saturated heterocycles. The van der Waals surface area contributed by atoms with Gasteiger partial charge in [-0.15, -0.1) is 11.3 Å². The van der Waals surface area contributed by atoms with E-state index in [0.29, 0.717) is 19.5 Å². The largest absolute Gasteiger partial charge is 0.349 e. The molecule has 6 heteroatoms. The van der Waals surface area contributed by atoms with Crippen LogP contribution in [-0.4, -0.2) is 40.8 Å². The zero-order valence-corrected chi connectivity index (χ0v) is 9.79. The number of thiazole rings is 1. The maximum absolute atomic E-state index is 11.6. The topological polar surface area (TPSA) is 62.3 Å². The van der Waals surface area contributed by atoms with Crippen LogP contribution in [0.1, 0.15) is 11.8 Å². The smallest absolute Gasteiger partial charge is 0.225 e. The van der Waals surface area contributed by atoms with Crippen LogP contribution in [-0.2, 0) is 16.0 Å². The summed E-state index contributed by atoms with van der Waals surface area (Å²) in [5, 5.41) is 2.89. The van der Waals surface area contributed by atoms with Crippen LogP contribution in [0.5, 0.6) is 0 Å². The molecule has 1 aromatic rings. The molecule has 0 bridgehead atoms. The first-order valence-electron chi connectivity index (χ1n) is 5.07. The molecule has 1 aliphatic rings. The predicted molar refractivity (Wildman–Crippen MR) is 60.0 cm³/mol. The summed E-state index contributed by atoms with van der Waals surface area (Å²) in [5.41, 5.74) is 1.71. The maximum Gasteiger partial charge on any atom is 0.225 e. The normalized spacial score (nSPS) is 15.7. The van der Waals surface area contributed by atoms with Gasteiger partial charge in [0.1, 0.15) is 0 Å². The van der Waals surface area contributed by atoms with Crippen molar-refractivity contribution in [1.29, 1.82) is 0 Å². The molecule has 0 aliphatic carbocycles. The maximum atomic E-state index is 11.6. The van der Waals surface area contributed by atoms with Crippen LogP contribution in [0, 0.1) is 0 Å². The number of nitrogens with one attached hydrogen (secondary N) is 1. The highest BCUT2D eigenvalue weighted by Crippen LogP contribution is 2.09. The highest BCUT2D eigenvalue weighted by molar-refractivity contribution is 7.09. The standard InChI is InChI=1S/C10H13N3O2S/c1-7(14)13-4-8(5-13)12-10(15)2-9-3-11-6-16-9/h3,6,8H,2,4-5H2,1H3,(H,12,15). The Morgan fingerprint density at radius 3 is 2.94 bits per heavy atom. The van der Waals surface area contributed by atoms with E-state index in [1.807, 2.05) is 0 Å². The minimum Gasteiger partial charge on any atom is -0.349 e. The number of carbonyl (C=O) groups excluding carboxylic acids is 2. The number of nitrogens with zero attached hydrogens (tertiary/aromatic N) is 2. The average molecular weight is 239 g/mol. The van der Waals surface area contributed by atoms with Crippen molar-refractivity contribution in [3.63, 3.8) is 0 Å². The van der Waals surface area contributed by atoms with Gasteiger partial charge in [-0.2, -0.15) is 0 Å². The van der Waals surface area contributed by atoms with Gasteiger partial charge in [0.2, 0.25) is 11.8 Å². The SMILES string of the molecule is CC(=O)N1CC(NC(=O)Cc2cncs2)C1. The van der Waals surface area contributed by atoms with Gasteiger partial charge in [-0.05, 0) is 0 Å². The van der Waals surface area contributed by atoms with Crippen LogP contribution in [0.4, 0.5) is 0 Å². The lowest BCUT2D eigenvalue weighted by Crippen LogP contribution is -2.60. The van der Waals surface area contributed by atoms with E-state index in [-0.39, 0.29) is 17.9 Å². The lowest BCUT2D eigenvalue weighted by Gasteiger charge is -2.38. The Bertz CT molecular complexity index is 385. The van der Waals surface area contributed by atoms with Gasteiger partial charge < -0.3 is 10.2 Å². The van der Waals surface area contributed by atoms with E-state index in [9.17, 15) is 9.59 Å². The van der Waals surface area contributed by atoms with Crippen molar-refractivity contribution in [3.05, 3.63) is 16.6 Å². The Morgan fingerprint density at radius 1 is 1.62 bits per heavy atom. The second kappa shape index (κ2) is 4.61. The highest BCUT2D eigenvalue weighted by Gasteiger charge is 2.29. The fraction of sp³-hybridized carbons (Fsp3) is 0.500. The zero-order valence-electron chi connectivity index (χ0n) is 8.97. The van der Waals surface area contributed by atoms with E-state index in [2.05, 4.69) is 10.3 Å². The molecule has 86 valence electrons. The fourth-order valence-corrected chi connectivity index (χ4v) is 2.19. The first-order valence-corrected chi connectivity index (χ1v) is 5.95. The number of hydrogen-bond acceptors (Lipinski definition) is 4. The van der Waals surface area contributed by atoms with Gasteiger partial charge in [0.25, 0.3) is 0 Å². The number of carbonyl (C=O) groups is 2. The van der Waals surface area contributed by atoms with Crippen LogP contribution in [0.3, 0.4) is 0 Å². The van der Waals surface area contributed by atoms with Gasteiger partial charge in [0.15, 0.2) is 0 Å². The fourth-order valence-electron chi connectivity index (χ4n) is 1.59. The Kier molecular flexibility index (Phi) is 3.19. The van der Waals surface area contributed by atoms with E-state index < -0.39 is 0 Å². The molecule has 0 aromatic carbocycles. The number of likely N-dealkylation sites (tertiary alicyclic amines) is 1. The molecule has 0 unspecified atom stereocenters. The molecule has 5 nitrogen and oxygen atoms in total. The van der Waals surface area contributed by atoms with Gasteiger partial charge in [0, 0.05) is 31.1 Å². The summed E-state index contributed by atoms with van der Waals surface area (Å²) in [6.45, 7) is 2.79. The molecule has 0 atom stereocenters. The van der Waals surface area contributed by atoms with Crippen LogP contribution in [0.25, 0.3) is 0 Å². The summed E-state index contributed by atoms with van der Waals surface area (Å²) in [7, 11) is 0. The molecule has 0 saturated carbocycles. The minimum atomic E-state index is -0.00236. The summed E-state index contributed by atoms with van der Waals surface area (Å²) in [5.74, 6) is 0.0606. The van der Waals surface area contributed by atoms with Crippen molar-refractivity contribution in [2.24, 2.45) is 0 Å². The van der Waals surface area contributed by atoms with E-state index in [4.69, 9.17) is 0 Å². The molecule has 1 fully saturated rings. The average Bonchev–Trinajstić information content (AvgIpc) is 2.62. The second-order valence-electron chi connectivity index (χ2n) is 3.83. The third-order valence-corrected chi connectivity index (χ3v) is 3.29. The molecule has 1 aliphatic heterocycles. The van der Waals surface area contributed by atoms with Crippen molar-refractivity contribution in [2.75, 3.05) is 13.1 Å². The summed E-state index contributed by atoms with van der Waals surface area (Å²) in [6.07, 6.45) is 2.08. The van der Waals surface area contributed by atoms with E-state index in [1.165, 1.54) is 18.3 Å². The molecule has 0 spiro atoms. The summed E-state index contributed by atoms with van der Waals surface area (Å²) in [4.78, 5) is 29.0. The molecule has 0 radical (unpaired) electrons. The predicted octanol–water partition coefficient (Wildman–Crippen LogP) is 0.0325. The monoisotopic (exact) mass is 239 g/mol. The van der Waals surface area contributed by atoms with E-state index >= 15 is 0 Å². The Morgan fingerprint density at radius 2 is 2.38 bits per heavy atom. The quantitative estimate of drug-likeness (QED) is 0.809. The third kappa shape index (κ3) is 2.57. The Balaban J connectivity index is 1.71. The Labute approximate surface area is 97.5 Å². The first-order chi connectivity index (χ1) is 7.65. The van der Waals surface area contributed by atoms with Crippen molar-refractivity contribution in [2.45, 2.75) is 19.4 Å². The van der Waals surface area contributed by atoms with Crippen molar-refractivity contribution in [3.8, 4) is 0 Å².